The number of fused-ring (bicyclic) bond motifs is 1. The van der Waals surface area contributed by atoms with Gasteiger partial charge in [-0.3, -0.25) is 9.59 Å². The molecule has 4 unspecified atom stereocenters. The molecule has 2 amide bonds. The first kappa shape index (κ1) is 27.5. The summed E-state index contributed by atoms with van der Waals surface area (Å²) in [6, 6.07) is 6.50. The van der Waals surface area contributed by atoms with Gasteiger partial charge in [-0.25, -0.2) is 8.42 Å². The molecule has 9 nitrogen and oxygen atoms in total. The molecule has 0 aromatic carbocycles. The Morgan fingerprint density at radius 3 is 2.70 bits per heavy atom. The van der Waals surface area contributed by atoms with E-state index in [9.17, 15) is 28.3 Å². The van der Waals surface area contributed by atoms with Crippen LogP contribution in [0.25, 0.3) is 9.40 Å². The van der Waals surface area contributed by atoms with Crippen molar-refractivity contribution in [1.29, 1.82) is 0 Å². The first-order chi connectivity index (χ1) is 17.6. The summed E-state index contributed by atoms with van der Waals surface area (Å²) in [6.45, 7) is 3.91. The summed E-state index contributed by atoms with van der Waals surface area (Å²) < 4.78 is 28.6. The van der Waals surface area contributed by atoms with Crippen LogP contribution in [0, 0.1) is 11.1 Å². The second kappa shape index (κ2) is 11.5. The van der Waals surface area contributed by atoms with E-state index in [4.69, 9.17) is 0 Å². The maximum atomic E-state index is 13.2. The molecule has 4 rings (SSSR count). The molecule has 4 atom stereocenters. The van der Waals surface area contributed by atoms with Crippen LogP contribution in [0.15, 0.2) is 46.9 Å². The van der Waals surface area contributed by atoms with Crippen molar-refractivity contribution >= 4 is 53.7 Å². The number of sulfone groups is 1. The minimum Gasteiger partial charge on any atom is -0.618 e. The van der Waals surface area contributed by atoms with Crippen LogP contribution in [0.1, 0.15) is 55.6 Å². The number of rotatable bonds is 8. The molecule has 0 saturated heterocycles. The second-order valence-corrected chi connectivity index (χ2v) is 14.0. The number of aromatic nitrogens is 1. The summed E-state index contributed by atoms with van der Waals surface area (Å²) in [5.41, 5.74) is 0. The fourth-order valence-electron chi connectivity index (χ4n) is 4.66. The fourth-order valence-corrected chi connectivity index (χ4v) is 8.52. The Bertz CT molecular complexity index is 1340. The predicted octanol–water partition coefficient (Wildman–Crippen LogP) is 3.00. The molecule has 3 heterocycles. The van der Waals surface area contributed by atoms with E-state index in [0.717, 1.165) is 15.6 Å². The molecule has 0 spiro atoms. The number of carbonyl (C=O) groups excluding carboxylic acids is 2. The lowest BCUT2D eigenvalue weighted by Crippen LogP contribution is -2.53. The van der Waals surface area contributed by atoms with Gasteiger partial charge in [0.15, 0.2) is 6.20 Å². The van der Waals surface area contributed by atoms with Gasteiger partial charge in [-0.1, -0.05) is 13.8 Å². The minimum atomic E-state index is -3.96. The molecule has 0 aliphatic heterocycles. The molecule has 1 fully saturated rings. The maximum absolute atomic E-state index is 13.2. The number of nitrogens with zero attached hydrogens (tertiary/aromatic N) is 1. The summed E-state index contributed by atoms with van der Waals surface area (Å²) in [5, 5.41) is 29.3. The summed E-state index contributed by atoms with van der Waals surface area (Å²) in [6.07, 6.45) is 1.42. The summed E-state index contributed by atoms with van der Waals surface area (Å²) in [7, 11) is -3.96. The van der Waals surface area contributed by atoms with E-state index in [1.165, 1.54) is 29.5 Å². The van der Waals surface area contributed by atoms with E-state index in [1.54, 1.807) is 11.3 Å². The van der Waals surface area contributed by atoms with Crippen molar-refractivity contribution in [3.8, 4) is 0 Å². The normalized spacial score (nSPS) is 21.5. The van der Waals surface area contributed by atoms with Crippen LogP contribution in [0.4, 0.5) is 0 Å². The molecule has 200 valence electrons. The van der Waals surface area contributed by atoms with Crippen LogP contribution in [0.3, 0.4) is 0 Å². The van der Waals surface area contributed by atoms with Crippen molar-refractivity contribution in [3.05, 3.63) is 52.0 Å². The number of carbonyl (C=O) groups is 2. The summed E-state index contributed by atoms with van der Waals surface area (Å²) >= 11 is 2.92. The van der Waals surface area contributed by atoms with Crippen LogP contribution in [-0.2, 0) is 14.6 Å². The number of nitrogens with one attached hydrogen (secondary N) is 2. The topological polar surface area (TPSA) is 140 Å². The fraction of sp³-hybridized carbons (Fsp3) is 0.480. The second-order valence-electron chi connectivity index (χ2n) is 9.80. The number of thiophene rings is 2. The average molecular weight is 566 g/mol. The van der Waals surface area contributed by atoms with Gasteiger partial charge in [0, 0.05) is 21.5 Å². The molecule has 12 heteroatoms. The maximum Gasteiger partial charge on any atom is 0.308 e. The average Bonchev–Trinajstić information content (AvgIpc) is 3.39. The first-order valence-electron chi connectivity index (χ1n) is 12.2. The highest BCUT2D eigenvalue weighted by atomic mass is 32.2. The van der Waals surface area contributed by atoms with Gasteiger partial charge in [-0.15, -0.1) is 22.7 Å². The number of pyridine rings is 1. The standard InChI is InChI=1S/C25H31N3O6S3/c1-15(2)12-18(27-25(31)22-14-21-20(36-22)9-11-35-21)24(30)26-17-7-5-6-16(13-19(17)29)37(33,34)23-8-3-4-10-28(23)32/h3-4,8-11,14-19,29H,5-7,12-13H2,1-2H3,(H,26,30)(H,27,31). The monoisotopic (exact) mass is 565 g/mol. The van der Waals surface area contributed by atoms with E-state index in [2.05, 4.69) is 10.6 Å². The van der Waals surface area contributed by atoms with Gasteiger partial charge in [-0.05, 0) is 61.6 Å². The molecule has 3 aromatic heterocycles. The number of amides is 2. The van der Waals surface area contributed by atoms with Gasteiger partial charge in [0.25, 0.3) is 5.91 Å². The summed E-state index contributed by atoms with van der Waals surface area (Å²) in [5.74, 6) is -0.608. The zero-order chi connectivity index (χ0) is 26.7. The van der Waals surface area contributed by atoms with Crippen molar-refractivity contribution in [2.24, 2.45) is 5.92 Å². The molecule has 37 heavy (non-hydrogen) atoms. The van der Waals surface area contributed by atoms with Crippen molar-refractivity contribution in [3.63, 3.8) is 0 Å². The zero-order valence-electron chi connectivity index (χ0n) is 20.6. The van der Waals surface area contributed by atoms with Crippen molar-refractivity contribution in [2.45, 2.75) is 74.4 Å². The van der Waals surface area contributed by atoms with Crippen LogP contribution < -0.4 is 15.4 Å². The van der Waals surface area contributed by atoms with Crippen LogP contribution in [-0.4, -0.2) is 48.8 Å². The number of aliphatic hydroxyl groups excluding tert-OH is 1. The van der Waals surface area contributed by atoms with Crippen molar-refractivity contribution in [1.82, 2.24) is 10.6 Å². The molecule has 1 saturated carbocycles. The van der Waals surface area contributed by atoms with Crippen LogP contribution >= 0.6 is 22.7 Å². The molecule has 0 radical (unpaired) electrons. The van der Waals surface area contributed by atoms with Gasteiger partial charge in [0.1, 0.15) is 6.04 Å². The Morgan fingerprint density at radius 2 is 2.00 bits per heavy atom. The van der Waals surface area contributed by atoms with Crippen molar-refractivity contribution in [2.75, 3.05) is 0 Å². The lowest BCUT2D eigenvalue weighted by Gasteiger charge is -2.26. The molecular formula is C25H31N3O6S3. The van der Waals surface area contributed by atoms with E-state index in [-0.39, 0.29) is 29.7 Å². The zero-order valence-corrected chi connectivity index (χ0v) is 23.1. The Kier molecular flexibility index (Phi) is 8.52. The predicted molar refractivity (Wildman–Crippen MR) is 143 cm³/mol. The van der Waals surface area contributed by atoms with Crippen LogP contribution in [0.5, 0.6) is 0 Å². The highest BCUT2D eigenvalue weighted by Crippen LogP contribution is 2.30. The Balaban J connectivity index is 1.43. The van der Waals surface area contributed by atoms with Gasteiger partial charge in [-0.2, -0.15) is 4.73 Å². The van der Waals surface area contributed by atoms with E-state index < -0.39 is 39.2 Å². The molecular weight excluding hydrogens is 534 g/mol. The Labute approximate surface area is 224 Å². The van der Waals surface area contributed by atoms with Gasteiger partial charge < -0.3 is 20.9 Å². The molecule has 3 N–H and O–H groups in total. The van der Waals surface area contributed by atoms with E-state index in [0.29, 0.717) is 28.9 Å². The quantitative estimate of drug-likeness (QED) is 0.218. The minimum absolute atomic E-state index is 0.102. The largest absolute Gasteiger partial charge is 0.618 e. The highest BCUT2D eigenvalue weighted by molar-refractivity contribution is 7.91. The number of hydrogen-bond donors (Lipinski definition) is 3. The van der Waals surface area contributed by atoms with E-state index >= 15 is 0 Å². The third-order valence-electron chi connectivity index (χ3n) is 6.55. The summed E-state index contributed by atoms with van der Waals surface area (Å²) in [4.78, 5) is 26.7. The molecule has 0 bridgehead atoms. The lowest BCUT2D eigenvalue weighted by molar-refractivity contribution is -0.646. The molecule has 3 aromatic rings. The van der Waals surface area contributed by atoms with Gasteiger partial charge in [0.05, 0.1) is 22.3 Å². The Hall–Kier alpha value is -2.54. The lowest BCUT2D eigenvalue weighted by atomic mass is 10.0. The van der Waals surface area contributed by atoms with E-state index in [1.807, 2.05) is 31.4 Å². The third kappa shape index (κ3) is 6.31. The molecule has 1 aliphatic rings. The van der Waals surface area contributed by atoms with Gasteiger partial charge >= 0.3 is 5.03 Å². The number of hydrogen-bond acceptors (Lipinski definition) is 8. The number of aliphatic hydroxyl groups is 1. The third-order valence-corrected chi connectivity index (χ3v) is 10.8. The smallest absolute Gasteiger partial charge is 0.308 e. The Morgan fingerprint density at radius 1 is 1.22 bits per heavy atom. The first-order valence-corrected chi connectivity index (χ1v) is 15.5. The van der Waals surface area contributed by atoms with Crippen LogP contribution in [0.2, 0.25) is 0 Å². The van der Waals surface area contributed by atoms with Gasteiger partial charge in [0.2, 0.25) is 15.7 Å². The van der Waals surface area contributed by atoms with Crippen molar-refractivity contribution < 1.29 is 27.8 Å². The molecule has 1 aliphatic carbocycles. The SMILES string of the molecule is CC(C)CC(NC(=O)c1cc2sccc2s1)C(=O)NC1CCCC(S(=O)(=O)c2cccc[n+]2[O-])CC1O. The highest BCUT2D eigenvalue weighted by Gasteiger charge is 2.39.